The summed E-state index contributed by atoms with van der Waals surface area (Å²) in [5, 5.41) is 2.01. The molecule has 1 aromatic carbocycles. The van der Waals surface area contributed by atoms with Gasteiger partial charge in [-0.25, -0.2) is 18.7 Å². The molecule has 0 atom stereocenters. The van der Waals surface area contributed by atoms with Crippen LogP contribution in [0.15, 0.2) is 41.9 Å². The van der Waals surface area contributed by atoms with Gasteiger partial charge in [0.1, 0.15) is 11.6 Å². The van der Waals surface area contributed by atoms with E-state index in [2.05, 4.69) is 14.9 Å². The molecule has 1 aliphatic heterocycles. The molecule has 0 bridgehead atoms. The SMILES string of the molecule is Fc1ccc(CN2CCc3nc(-c4cccs4)ncc3C2)c(F)c1. The molecular weight excluding hydrogens is 328 g/mol. The van der Waals surface area contributed by atoms with Crippen LogP contribution in [0.1, 0.15) is 16.8 Å². The number of halogens is 2. The van der Waals surface area contributed by atoms with E-state index in [1.807, 2.05) is 23.7 Å². The summed E-state index contributed by atoms with van der Waals surface area (Å²) < 4.78 is 26.8. The third-order valence-electron chi connectivity index (χ3n) is 4.16. The van der Waals surface area contributed by atoms with Crippen LogP contribution in [0.25, 0.3) is 10.7 Å². The lowest BCUT2D eigenvalue weighted by molar-refractivity contribution is 0.239. The minimum atomic E-state index is -0.547. The number of benzene rings is 1. The summed E-state index contributed by atoms with van der Waals surface area (Å²) >= 11 is 1.62. The van der Waals surface area contributed by atoms with Crippen molar-refractivity contribution >= 4 is 11.3 Å². The zero-order chi connectivity index (χ0) is 16.5. The van der Waals surface area contributed by atoms with Crippen LogP contribution in [-0.2, 0) is 19.5 Å². The summed E-state index contributed by atoms with van der Waals surface area (Å²) in [7, 11) is 0. The molecule has 3 heterocycles. The monoisotopic (exact) mass is 343 g/mol. The molecule has 6 heteroatoms. The maximum absolute atomic E-state index is 13.8. The number of hydrogen-bond donors (Lipinski definition) is 0. The molecule has 24 heavy (non-hydrogen) atoms. The van der Waals surface area contributed by atoms with Gasteiger partial charge in [-0.1, -0.05) is 12.1 Å². The minimum Gasteiger partial charge on any atom is -0.294 e. The van der Waals surface area contributed by atoms with Crippen molar-refractivity contribution < 1.29 is 8.78 Å². The second-order valence-electron chi connectivity index (χ2n) is 5.84. The summed E-state index contributed by atoms with van der Waals surface area (Å²) in [6.07, 6.45) is 2.67. The Morgan fingerprint density at radius 3 is 2.92 bits per heavy atom. The van der Waals surface area contributed by atoms with Gasteiger partial charge in [0.15, 0.2) is 5.82 Å². The average molecular weight is 343 g/mol. The van der Waals surface area contributed by atoms with Crippen molar-refractivity contribution in [3.8, 4) is 10.7 Å². The fourth-order valence-electron chi connectivity index (χ4n) is 2.92. The highest BCUT2D eigenvalue weighted by Gasteiger charge is 2.20. The zero-order valence-corrected chi connectivity index (χ0v) is 13.7. The van der Waals surface area contributed by atoms with E-state index in [4.69, 9.17) is 0 Å². The third-order valence-corrected chi connectivity index (χ3v) is 5.03. The Morgan fingerprint density at radius 2 is 2.12 bits per heavy atom. The topological polar surface area (TPSA) is 29.0 Å². The van der Waals surface area contributed by atoms with Gasteiger partial charge in [-0.05, 0) is 17.5 Å². The molecule has 3 aromatic rings. The first-order valence-electron chi connectivity index (χ1n) is 7.74. The first kappa shape index (κ1) is 15.4. The fraction of sp³-hybridized carbons (Fsp3) is 0.222. The zero-order valence-electron chi connectivity index (χ0n) is 12.9. The Labute approximate surface area is 142 Å². The maximum atomic E-state index is 13.8. The van der Waals surface area contributed by atoms with Crippen molar-refractivity contribution in [2.24, 2.45) is 0 Å². The highest BCUT2D eigenvalue weighted by atomic mass is 32.1. The second kappa shape index (κ2) is 6.37. The van der Waals surface area contributed by atoms with E-state index in [0.717, 1.165) is 41.0 Å². The van der Waals surface area contributed by atoms with Gasteiger partial charge in [0.25, 0.3) is 0 Å². The van der Waals surface area contributed by atoms with Gasteiger partial charge >= 0.3 is 0 Å². The molecule has 0 unspecified atom stereocenters. The van der Waals surface area contributed by atoms with Gasteiger partial charge < -0.3 is 0 Å². The summed E-state index contributed by atoms with van der Waals surface area (Å²) in [6.45, 7) is 1.93. The molecule has 4 rings (SSSR count). The Bertz CT molecular complexity index is 865. The predicted octanol–water partition coefficient (Wildman–Crippen LogP) is 4.04. The van der Waals surface area contributed by atoms with E-state index in [-0.39, 0.29) is 0 Å². The molecule has 122 valence electrons. The Morgan fingerprint density at radius 1 is 1.21 bits per heavy atom. The Hall–Kier alpha value is -2.18. The smallest absolute Gasteiger partial charge is 0.169 e. The standard InChI is InChI=1S/C18H15F2N3S/c19-14-4-3-12(15(20)8-14)10-23-6-5-16-13(11-23)9-21-18(22-16)17-2-1-7-24-17/h1-4,7-9H,5-6,10-11H2. The van der Waals surface area contributed by atoms with Crippen LogP contribution in [0.4, 0.5) is 8.78 Å². The van der Waals surface area contributed by atoms with E-state index in [9.17, 15) is 8.78 Å². The molecule has 0 saturated carbocycles. The van der Waals surface area contributed by atoms with Crippen LogP contribution in [0.5, 0.6) is 0 Å². The van der Waals surface area contributed by atoms with E-state index >= 15 is 0 Å². The predicted molar refractivity (Wildman–Crippen MR) is 89.5 cm³/mol. The van der Waals surface area contributed by atoms with Crippen molar-refractivity contribution in [3.63, 3.8) is 0 Å². The Kier molecular flexibility index (Phi) is 4.08. The number of thiophene rings is 1. The summed E-state index contributed by atoms with van der Waals surface area (Å²) in [4.78, 5) is 12.3. The largest absolute Gasteiger partial charge is 0.294 e. The summed E-state index contributed by atoms with van der Waals surface area (Å²) in [5.41, 5.74) is 2.64. The summed E-state index contributed by atoms with van der Waals surface area (Å²) in [6, 6.07) is 7.74. The van der Waals surface area contributed by atoms with Gasteiger partial charge in [0.2, 0.25) is 0 Å². The van der Waals surface area contributed by atoms with Crippen molar-refractivity contribution in [1.29, 1.82) is 0 Å². The van der Waals surface area contributed by atoms with Crippen LogP contribution < -0.4 is 0 Å². The van der Waals surface area contributed by atoms with Gasteiger partial charge in [-0.15, -0.1) is 11.3 Å². The van der Waals surface area contributed by atoms with Crippen LogP contribution in [0, 0.1) is 11.6 Å². The molecule has 0 spiro atoms. The molecule has 0 fully saturated rings. The van der Waals surface area contributed by atoms with E-state index in [1.165, 1.54) is 12.1 Å². The van der Waals surface area contributed by atoms with Crippen LogP contribution >= 0.6 is 11.3 Å². The fourth-order valence-corrected chi connectivity index (χ4v) is 3.59. The van der Waals surface area contributed by atoms with Crippen molar-refractivity contribution in [3.05, 3.63) is 70.4 Å². The van der Waals surface area contributed by atoms with Crippen molar-refractivity contribution in [2.45, 2.75) is 19.5 Å². The van der Waals surface area contributed by atoms with Crippen LogP contribution in [-0.4, -0.2) is 21.4 Å². The molecular formula is C18H15F2N3S. The lowest BCUT2D eigenvalue weighted by Crippen LogP contribution is -2.31. The lowest BCUT2D eigenvalue weighted by Gasteiger charge is -2.28. The van der Waals surface area contributed by atoms with E-state index < -0.39 is 11.6 Å². The molecule has 0 N–H and O–H groups in total. The van der Waals surface area contributed by atoms with Gasteiger partial charge in [0, 0.05) is 49.4 Å². The van der Waals surface area contributed by atoms with Gasteiger partial charge in [0.05, 0.1) is 10.6 Å². The molecule has 0 saturated heterocycles. The number of hydrogen-bond acceptors (Lipinski definition) is 4. The van der Waals surface area contributed by atoms with Crippen molar-refractivity contribution in [1.82, 2.24) is 14.9 Å². The van der Waals surface area contributed by atoms with Gasteiger partial charge in [-0.2, -0.15) is 0 Å². The molecule has 1 aliphatic rings. The lowest BCUT2D eigenvalue weighted by atomic mass is 10.1. The molecule has 2 aromatic heterocycles. The number of fused-ring (bicyclic) bond motifs is 1. The Balaban J connectivity index is 1.52. The summed E-state index contributed by atoms with van der Waals surface area (Å²) in [5.74, 6) is -0.276. The normalized spacial score (nSPS) is 14.6. The molecule has 0 radical (unpaired) electrons. The molecule has 0 amide bonds. The molecule has 3 nitrogen and oxygen atoms in total. The third kappa shape index (κ3) is 3.07. The molecule has 0 aliphatic carbocycles. The highest BCUT2D eigenvalue weighted by molar-refractivity contribution is 7.13. The quantitative estimate of drug-likeness (QED) is 0.719. The number of rotatable bonds is 3. The van der Waals surface area contributed by atoms with E-state index in [0.29, 0.717) is 18.7 Å². The first-order chi connectivity index (χ1) is 11.7. The minimum absolute atomic E-state index is 0.457. The second-order valence-corrected chi connectivity index (χ2v) is 6.79. The van der Waals surface area contributed by atoms with Gasteiger partial charge in [-0.3, -0.25) is 4.90 Å². The number of nitrogens with zero attached hydrogens (tertiary/aromatic N) is 3. The first-order valence-corrected chi connectivity index (χ1v) is 8.62. The maximum Gasteiger partial charge on any atom is 0.169 e. The van der Waals surface area contributed by atoms with Crippen LogP contribution in [0.3, 0.4) is 0 Å². The number of aromatic nitrogens is 2. The van der Waals surface area contributed by atoms with Crippen LogP contribution in [0.2, 0.25) is 0 Å². The van der Waals surface area contributed by atoms with E-state index in [1.54, 1.807) is 11.3 Å². The average Bonchev–Trinajstić information content (AvgIpc) is 3.11. The van der Waals surface area contributed by atoms with Crippen molar-refractivity contribution in [2.75, 3.05) is 6.54 Å². The highest BCUT2D eigenvalue weighted by Crippen LogP contribution is 2.25.